The van der Waals surface area contributed by atoms with Gasteiger partial charge in [0.15, 0.2) is 0 Å². The molecule has 0 aliphatic carbocycles. The van der Waals surface area contributed by atoms with Crippen LogP contribution in [0.15, 0.2) is 48.5 Å². The van der Waals surface area contributed by atoms with Crippen molar-refractivity contribution in [1.82, 2.24) is 5.32 Å². The van der Waals surface area contributed by atoms with Crippen molar-refractivity contribution in [2.24, 2.45) is 0 Å². The second-order valence-electron chi connectivity index (χ2n) is 5.29. The SMILES string of the molecule is Cc1cccc(CNC(CCCO)c2ccccc2)c1O. The van der Waals surface area contributed by atoms with Crippen LogP contribution in [0.4, 0.5) is 0 Å². The van der Waals surface area contributed by atoms with Gasteiger partial charge in [0.05, 0.1) is 0 Å². The minimum Gasteiger partial charge on any atom is -0.507 e. The summed E-state index contributed by atoms with van der Waals surface area (Å²) in [5.74, 6) is 0.360. The van der Waals surface area contributed by atoms with Crippen LogP contribution >= 0.6 is 0 Å². The van der Waals surface area contributed by atoms with Gasteiger partial charge < -0.3 is 15.5 Å². The molecule has 21 heavy (non-hydrogen) atoms. The van der Waals surface area contributed by atoms with Crippen molar-refractivity contribution in [2.75, 3.05) is 6.61 Å². The van der Waals surface area contributed by atoms with E-state index in [0.29, 0.717) is 12.3 Å². The van der Waals surface area contributed by atoms with Crippen molar-refractivity contribution in [3.8, 4) is 5.75 Å². The number of aryl methyl sites for hydroxylation is 1. The van der Waals surface area contributed by atoms with Gasteiger partial charge in [-0.3, -0.25) is 0 Å². The molecule has 0 saturated carbocycles. The number of aromatic hydroxyl groups is 1. The first-order valence-corrected chi connectivity index (χ1v) is 7.39. The van der Waals surface area contributed by atoms with Crippen LogP contribution in [0, 0.1) is 6.92 Å². The van der Waals surface area contributed by atoms with E-state index in [4.69, 9.17) is 5.11 Å². The van der Waals surface area contributed by atoms with Gasteiger partial charge in [0.1, 0.15) is 5.75 Å². The highest BCUT2D eigenvalue weighted by Gasteiger charge is 2.11. The molecule has 0 spiro atoms. The molecule has 112 valence electrons. The van der Waals surface area contributed by atoms with Gasteiger partial charge in [0, 0.05) is 24.8 Å². The van der Waals surface area contributed by atoms with Crippen molar-refractivity contribution >= 4 is 0 Å². The molecule has 0 radical (unpaired) electrons. The lowest BCUT2D eigenvalue weighted by atomic mass is 10.0. The Kier molecular flexibility index (Phi) is 5.78. The van der Waals surface area contributed by atoms with Gasteiger partial charge in [-0.25, -0.2) is 0 Å². The Bertz CT molecular complexity index is 554. The summed E-state index contributed by atoms with van der Waals surface area (Å²) >= 11 is 0. The molecule has 2 rings (SSSR count). The molecule has 0 bridgehead atoms. The highest BCUT2D eigenvalue weighted by Crippen LogP contribution is 2.24. The van der Waals surface area contributed by atoms with Gasteiger partial charge in [0.25, 0.3) is 0 Å². The van der Waals surface area contributed by atoms with E-state index in [-0.39, 0.29) is 12.6 Å². The molecule has 0 fully saturated rings. The molecular formula is C18H23NO2. The zero-order chi connectivity index (χ0) is 15.1. The Hall–Kier alpha value is -1.84. The highest BCUT2D eigenvalue weighted by molar-refractivity contribution is 5.39. The first kappa shape index (κ1) is 15.5. The summed E-state index contributed by atoms with van der Waals surface area (Å²) in [5, 5.41) is 22.6. The number of benzene rings is 2. The van der Waals surface area contributed by atoms with Crippen LogP contribution in [0.5, 0.6) is 5.75 Å². The van der Waals surface area contributed by atoms with Crippen molar-refractivity contribution < 1.29 is 10.2 Å². The van der Waals surface area contributed by atoms with Gasteiger partial charge in [0.2, 0.25) is 0 Å². The second kappa shape index (κ2) is 7.81. The molecule has 0 aliphatic heterocycles. The largest absolute Gasteiger partial charge is 0.507 e. The van der Waals surface area contributed by atoms with E-state index in [1.165, 1.54) is 5.56 Å². The maximum Gasteiger partial charge on any atom is 0.122 e. The monoisotopic (exact) mass is 285 g/mol. The van der Waals surface area contributed by atoms with E-state index in [9.17, 15) is 5.11 Å². The van der Waals surface area contributed by atoms with E-state index in [0.717, 1.165) is 24.0 Å². The van der Waals surface area contributed by atoms with Crippen LogP contribution < -0.4 is 5.32 Å². The predicted octanol–water partition coefficient (Wildman–Crippen LogP) is 3.30. The molecule has 0 aromatic heterocycles. The molecule has 2 aromatic rings. The zero-order valence-electron chi connectivity index (χ0n) is 12.4. The quantitative estimate of drug-likeness (QED) is 0.731. The predicted molar refractivity (Wildman–Crippen MR) is 85.2 cm³/mol. The molecule has 3 heteroatoms. The minimum absolute atomic E-state index is 0.179. The van der Waals surface area contributed by atoms with Crippen molar-refractivity contribution in [3.63, 3.8) is 0 Å². The lowest BCUT2D eigenvalue weighted by molar-refractivity contribution is 0.274. The summed E-state index contributed by atoms with van der Waals surface area (Å²) in [4.78, 5) is 0. The number of nitrogens with one attached hydrogen (secondary N) is 1. The molecule has 0 amide bonds. The Morgan fingerprint density at radius 2 is 1.81 bits per heavy atom. The van der Waals surface area contributed by atoms with E-state index in [1.54, 1.807) is 0 Å². The summed E-state index contributed by atoms with van der Waals surface area (Å²) in [6, 6.07) is 16.2. The van der Waals surface area contributed by atoms with Gasteiger partial charge in [-0.05, 0) is 30.9 Å². The van der Waals surface area contributed by atoms with Gasteiger partial charge >= 0.3 is 0 Å². The maximum absolute atomic E-state index is 10.1. The molecule has 0 heterocycles. The smallest absolute Gasteiger partial charge is 0.122 e. The van der Waals surface area contributed by atoms with Crippen LogP contribution in [0.2, 0.25) is 0 Å². The summed E-state index contributed by atoms with van der Waals surface area (Å²) in [5.41, 5.74) is 3.00. The van der Waals surface area contributed by atoms with Gasteiger partial charge in [-0.15, -0.1) is 0 Å². The normalized spacial score (nSPS) is 12.3. The zero-order valence-corrected chi connectivity index (χ0v) is 12.4. The number of hydrogen-bond acceptors (Lipinski definition) is 3. The first-order chi connectivity index (χ1) is 10.2. The lowest BCUT2D eigenvalue weighted by Crippen LogP contribution is -2.21. The van der Waals surface area contributed by atoms with E-state index < -0.39 is 0 Å². The molecule has 2 aromatic carbocycles. The minimum atomic E-state index is 0.179. The van der Waals surface area contributed by atoms with E-state index in [2.05, 4.69) is 17.4 Å². The van der Waals surface area contributed by atoms with Crippen molar-refractivity contribution in [1.29, 1.82) is 0 Å². The molecule has 3 N–H and O–H groups in total. The topological polar surface area (TPSA) is 52.5 Å². The van der Waals surface area contributed by atoms with Gasteiger partial charge in [-0.2, -0.15) is 0 Å². The molecule has 0 aliphatic rings. The fourth-order valence-corrected chi connectivity index (χ4v) is 2.46. The Morgan fingerprint density at radius 1 is 1.05 bits per heavy atom. The second-order valence-corrected chi connectivity index (χ2v) is 5.29. The van der Waals surface area contributed by atoms with Crippen LogP contribution in [-0.4, -0.2) is 16.8 Å². The Balaban J connectivity index is 2.07. The number of phenolic OH excluding ortho intramolecular Hbond substituents is 1. The maximum atomic E-state index is 10.1. The Morgan fingerprint density at radius 3 is 2.52 bits per heavy atom. The number of rotatable bonds is 7. The molecule has 1 atom stereocenters. The van der Waals surface area contributed by atoms with Crippen molar-refractivity contribution in [3.05, 3.63) is 65.2 Å². The third-order valence-corrected chi connectivity index (χ3v) is 3.71. The fourth-order valence-electron chi connectivity index (χ4n) is 2.46. The summed E-state index contributed by atoms with van der Waals surface area (Å²) in [7, 11) is 0. The van der Waals surface area contributed by atoms with E-state index in [1.807, 2.05) is 43.3 Å². The van der Waals surface area contributed by atoms with Crippen LogP contribution in [0.1, 0.15) is 35.6 Å². The standard InChI is InChI=1S/C18H23NO2/c1-14-7-5-10-16(18(14)21)13-19-17(11-6-12-20)15-8-3-2-4-9-15/h2-5,7-10,17,19-21H,6,11-13H2,1H3. The third kappa shape index (κ3) is 4.31. The molecule has 3 nitrogen and oxygen atoms in total. The average Bonchev–Trinajstić information content (AvgIpc) is 2.52. The first-order valence-electron chi connectivity index (χ1n) is 7.39. The van der Waals surface area contributed by atoms with Gasteiger partial charge in [-0.1, -0.05) is 48.5 Å². The molecule has 0 saturated heterocycles. The highest BCUT2D eigenvalue weighted by atomic mass is 16.3. The number of para-hydroxylation sites is 1. The number of aliphatic hydroxyl groups is 1. The summed E-state index contributed by atoms with van der Waals surface area (Å²) < 4.78 is 0. The Labute approximate surface area is 126 Å². The van der Waals surface area contributed by atoms with Crippen LogP contribution in [0.25, 0.3) is 0 Å². The third-order valence-electron chi connectivity index (χ3n) is 3.71. The van der Waals surface area contributed by atoms with Crippen LogP contribution in [0.3, 0.4) is 0 Å². The fraction of sp³-hybridized carbons (Fsp3) is 0.333. The average molecular weight is 285 g/mol. The molecule has 1 unspecified atom stereocenters. The molecular weight excluding hydrogens is 262 g/mol. The lowest BCUT2D eigenvalue weighted by Gasteiger charge is -2.19. The number of phenols is 1. The van der Waals surface area contributed by atoms with Crippen molar-refractivity contribution in [2.45, 2.75) is 32.4 Å². The summed E-state index contributed by atoms with van der Waals surface area (Å²) in [6.45, 7) is 2.71. The van der Waals surface area contributed by atoms with E-state index >= 15 is 0 Å². The number of aliphatic hydroxyl groups excluding tert-OH is 1. The summed E-state index contributed by atoms with van der Waals surface area (Å²) in [6.07, 6.45) is 1.62. The van der Waals surface area contributed by atoms with Crippen LogP contribution in [-0.2, 0) is 6.54 Å². The number of hydrogen-bond donors (Lipinski definition) is 3.